The van der Waals surface area contributed by atoms with E-state index in [9.17, 15) is 8.42 Å². The summed E-state index contributed by atoms with van der Waals surface area (Å²) in [6.07, 6.45) is 3.93. The SMILES string of the molecule is CCC(NC)c1cccc(S(=O)(=O)NCc2ccoc2)c1. The van der Waals surface area contributed by atoms with Crippen molar-refractivity contribution in [2.45, 2.75) is 30.8 Å². The highest BCUT2D eigenvalue weighted by atomic mass is 32.2. The van der Waals surface area contributed by atoms with Crippen LogP contribution in [0, 0.1) is 0 Å². The van der Waals surface area contributed by atoms with Crippen molar-refractivity contribution in [2.24, 2.45) is 0 Å². The molecule has 114 valence electrons. The van der Waals surface area contributed by atoms with Crippen molar-refractivity contribution in [2.75, 3.05) is 7.05 Å². The predicted octanol–water partition coefficient (Wildman–Crippen LogP) is 2.43. The summed E-state index contributed by atoms with van der Waals surface area (Å²) in [5.41, 5.74) is 1.75. The fourth-order valence-electron chi connectivity index (χ4n) is 2.16. The Morgan fingerprint density at radius 3 is 2.71 bits per heavy atom. The minimum atomic E-state index is -3.53. The third kappa shape index (κ3) is 3.93. The molecule has 6 heteroatoms. The van der Waals surface area contributed by atoms with Crippen LogP contribution in [-0.4, -0.2) is 15.5 Å². The van der Waals surface area contributed by atoms with Crippen molar-refractivity contribution in [3.63, 3.8) is 0 Å². The van der Waals surface area contributed by atoms with Crippen LogP contribution in [0.25, 0.3) is 0 Å². The lowest BCUT2D eigenvalue weighted by Gasteiger charge is -2.15. The number of rotatable bonds is 7. The van der Waals surface area contributed by atoms with Crippen LogP contribution in [0.5, 0.6) is 0 Å². The van der Waals surface area contributed by atoms with Crippen LogP contribution in [0.4, 0.5) is 0 Å². The zero-order chi connectivity index (χ0) is 15.3. The fourth-order valence-corrected chi connectivity index (χ4v) is 3.23. The first-order valence-electron chi connectivity index (χ1n) is 6.84. The summed E-state index contributed by atoms with van der Waals surface area (Å²) in [4.78, 5) is 0.275. The quantitative estimate of drug-likeness (QED) is 0.824. The van der Waals surface area contributed by atoms with Crippen molar-refractivity contribution >= 4 is 10.0 Å². The molecule has 0 aliphatic carbocycles. The van der Waals surface area contributed by atoms with E-state index in [4.69, 9.17) is 4.42 Å². The topological polar surface area (TPSA) is 71.3 Å². The third-order valence-electron chi connectivity index (χ3n) is 3.37. The smallest absolute Gasteiger partial charge is 0.240 e. The van der Waals surface area contributed by atoms with Gasteiger partial charge in [-0.1, -0.05) is 19.1 Å². The van der Waals surface area contributed by atoms with E-state index in [1.165, 1.54) is 12.5 Å². The second-order valence-corrected chi connectivity index (χ2v) is 6.55. The molecule has 1 unspecified atom stereocenters. The Hall–Kier alpha value is -1.63. The predicted molar refractivity (Wildman–Crippen MR) is 81.3 cm³/mol. The number of hydrogen-bond acceptors (Lipinski definition) is 4. The van der Waals surface area contributed by atoms with Gasteiger partial charge in [0.1, 0.15) is 0 Å². The Morgan fingerprint density at radius 2 is 2.10 bits per heavy atom. The number of benzene rings is 1. The summed E-state index contributed by atoms with van der Waals surface area (Å²) in [6.45, 7) is 2.27. The molecule has 0 aliphatic rings. The number of sulfonamides is 1. The van der Waals surface area contributed by atoms with E-state index in [-0.39, 0.29) is 17.5 Å². The third-order valence-corrected chi connectivity index (χ3v) is 4.77. The van der Waals surface area contributed by atoms with Crippen molar-refractivity contribution in [3.05, 3.63) is 54.0 Å². The minimum Gasteiger partial charge on any atom is -0.472 e. The molecule has 21 heavy (non-hydrogen) atoms. The molecular formula is C15H20N2O3S. The maximum absolute atomic E-state index is 12.3. The normalized spacial score (nSPS) is 13.2. The van der Waals surface area contributed by atoms with Crippen LogP contribution in [-0.2, 0) is 16.6 Å². The van der Waals surface area contributed by atoms with Gasteiger partial charge < -0.3 is 9.73 Å². The molecule has 0 amide bonds. The Kier molecular flexibility index (Phi) is 5.17. The molecule has 0 radical (unpaired) electrons. The number of nitrogens with one attached hydrogen (secondary N) is 2. The van der Waals surface area contributed by atoms with E-state index in [0.29, 0.717) is 0 Å². The first kappa shape index (κ1) is 15.8. The Morgan fingerprint density at radius 1 is 1.29 bits per heavy atom. The van der Waals surface area contributed by atoms with Crippen LogP contribution < -0.4 is 10.0 Å². The Bertz CT molecular complexity index is 662. The van der Waals surface area contributed by atoms with E-state index >= 15 is 0 Å². The van der Waals surface area contributed by atoms with E-state index in [2.05, 4.69) is 17.0 Å². The zero-order valence-corrected chi connectivity index (χ0v) is 13.0. The van der Waals surface area contributed by atoms with Gasteiger partial charge in [0.15, 0.2) is 0 Å². The van der Waals surface area contributed by atoms with Gasteiger partial charge in [-0.2, -0.15) is 0 Å². The molecular weight excluding hydrogens is 288 g/mol. The van der Waals surface area contributed by atoms with Gasteiger partial charge >= 0.3 is 0 Å². The molecule has 2 aromatic rings. The summed E-state index contributed by atoms with van der Waals surface area (Å²) in [6, 6.07) is 8.88. The minimum absolute atomic E-state index is 0.147. The molecule has 0 aliphatic heterocycles. The molecule has 0 spiro atoms. The van der Waals surface area contributed by atoms with E-state index < -0.39 is 10.0 Å². The molecule has 1 aromatic heterocycles. The Balaban J connectivity index is 2.17. The van der Waals surface area contributed by atoms with Crippen molar-refractivity contribution in [1.29, 1.82) is 0 Å². The monoisotopic (exact) mass is 308 g/mol. The lowest BCUT2D eigenvalue weighted by atomic mass is 10.1. The molecule has 2 rings (SSSR count). The lowest BCUT2D eigenvalue weighted by Crippen LogP contribution is -2.23. The summed E-state index contributed by atoms with van der Waals surface area (Å²) < 4.78 is 32.1. The first-order valence-corrected chi connectivity index (χ1v) is 8.33. The highest BCUT2D eigenvalue weighted by Crippen LogP contribution is 2.20. The highest BCUT2D eigenvalue weighted by molar-refractivity contribution is 7.89. The van der Waals surface area contributed by atoms with Crippen molar-refractivity contribution < 1.29 is 12.8 Å². The van der Waals surface area contributed by atoms with E-state index in [0.717, 1.165) is 17.5 Å². The summed E-state index contributed by atoms with van der Waals surface area (Å²) in [5, 5.41) is 3.17. The van der Waals surface area contributed by atoms with Crippen LogP contribution in [0.2, 0.25) is 0 Å². The van der Waals surface area contributed by atoms with E-state index in [1.54, 1.807) is 24.3 Å². The van der Waals surface area contributed by atoms with Crippen LogP contribution in [0.1, 0.15) is 30.5 Å². The fraction of sp³-hybridized carbons (Fsp3) is 0.333. The molecule has 0 saturated heterocycles. The zero-order valence-electron chi connectivity index (χ0n) is 12.2. The molecule has 1 atom stereocenters. The molecule has 2 N–H and O–H groups in total. The maximum atomic E-state index is 12.3. The molecule has 0 fully saturated rings. The van der Waals surface area contributed by atoms with Crippen molar-refractivity contribution in [3.8, 4) is 0 Å². The van der Waals surface area contributed by atoms with Gasteiger partial charge in [0.25, 0.3) is 0 Å². The second kappa shape index (κ2) is 6.89. The molecule has 1 aromatic carbocycles. The van der Waals surface area contributed by atoms with Crippen LogP contribution in [0.3, 0.4) is 0 Å². The van der Waals surface area contributed by atoms with Crippen LogP contribution >= 0.6 is 0 Å². The van der Waals surface area contributed by atoms with Crippen LogP contribution in [0.15, 0.2) is 52.2 Å². The summed E-state index contributed by atoms with van der Waals surface area (Å²) >= 11 is 0. The standard InChI is InChI=1S/C15H20N2O3S/c1-3-15(16-2)13-5-4-6-14(9-13)21(18,19)17-10-12-7-8-20-11-12/h4-9,11,15-17H,3,10H2,1-2H3. The lowest BCUT2D eigenvalue weighted by molar-refractivity contribution is 0.560. The number of hydrogen-bond donors (Lipinski definition) is 2. The van der Waals surface area contributed by atoms with E-state index in [1.807, 2.05) is 13.1 Å². The molecule has 0 bridgehead atoms. The van der Waals surface area contributed by atoms with Gasteiger partial charge in [-0.05, 0) is 37.2 Å². The average Bonchev–Trinajstić information content (AvgIpc) is 3.00. The van der Waals surface area contributed by atoms with Gasteiger partial charge in [0.2, 0.25) is 10.0 Å². The molecule has 1 heterocycles. The first-order chi connectivity index (χ1) is 10.1. The van der Waals surface area contributed by atoms with Crippen molar-refractivity contribution in [1.82, 2.24) is 10.0 Å². The second-order valence-electron chi connectivity index (χ2n) is 4.78. The average molecular weight is 308 g/mol. The van der Waals surface area contributed by atoms with Gasteiger partial charge in [0, 0.05) is 18.2 Å². The van der Waals surface area contributed by atoms with Gasteiger partial charge in [-0.15, -0.1) is 0 Å². The Labute approximate surface area is 125 Å². The van der Waals surface area contributed by atoms with Gasteiger partial charge in [-0.25, -0.2) is 13.1 Å². The highest BCUT2D eigenvalue weighted by Gasteiger charge is 2.16. The summed E-state index contributed by atoms with van der Waals surface area (Å²) in [5.74, 6) is 0. The molecule has 5 nitrogen and oxygen atoms in total. The van der Waals surface area contributed by atoms with Gasteiger partial charge in [-0.3, -0.25) is 0 Å². The largest absolute Gasteiger partial charge is 0.472 e. The van der Waals surface area contributed by atoms with Gasteiger partial charge in [0.05, 0.1) is 17.4 Å². The summed E-state index contributed by atoms with van der Waals surface area (Å²) in [7, 11) is -1.66. The number of furan rings is 1. The molecule has 0 saturated carbocycles. The maximum Gasteiger partial charge on any atom is 0.240 e.